The Balaban J connectivity index is 0.00000243. The number of carbonyl (C=O) groups excluding carboxylic acids is 1. The molecular formula is C18H22ClN3O3S. The number of sulfonamides is 1. The molecule has 3 rings (SSSR count). The van der Waals surface area contributed by atoms with Gasteiger partial charge in [0, 0.05) is 30.0 Å². The minimum Gasteiger partial charge on any atom is -0.399 e. The molecule has 0 radical (unpaired) electrons. The van der Waals surface area contributed by atoms with Crippen molar-refractivity contribution in [3.8, 4) is 0 Å². The smallest absolute Gasteiger partial charge is 0.255 e. The monoisotopic (exact) mass is 395 g/mol. The van der Waals surface area contributed by atoms with E-state index in [1.165, 1.54) is 10.4 Å². The first-order valence-electron chi connectivity index (χ1n) is 8.24. The van der Waals surface area contributed by atoms with Gasteiger partial charge in [-0.15, -0.1) is 12.4 Å². The molecule has 1 aliphatic heterocycles. The third-order valence-corrected chi connectivity index (χ3v) is 6.11. The standard InChI is InChI=1S/C18H21N3O3S.ClH/c19-15-9-7-14(8-10-15)18(22)20-16-5-4-6-17(13-16)25(23,24)21-11-2-1-3-12-21;/h4-10,13H,1-3,11-12,19H2,(H,20,22);1H. The normalized spacial score (nSPS) is 15.1. The van der Waals surface area contributed by atoms with Gasteiger partial charge in [0.15, 0.2) is 0 Å². The van der Waals surface area contributed by atoms with Crippen molar-refractivity contribution in [2.24, 2.45) is 0 Å². The summed E-state index contributed by atoms with van der Waals surface area (Å²) in [6.45, 7) is 1.09. The van der Waals surface area contributed by atoms with Crippen LogP contribution in [0, 0.1) is 0 Å². The van der Waals surface area contributed by atoms with Crippen LogP contribution in [0.15, 0.2) is 53.4 Å². The molecule has 1 heterocycles. The van der Waals surface area contributed by atoms with Crippen molar-refractivity contribution in [1.29, 1.82) is 0 Å². The highest BCUT2D eigenvalue weighted by Crippen LogP contribution is 2.23. The van der Waals surface area contributed by atoms with E-state index in [-0.39, 0.29) is 23.2 Å². The van der Waals surface area contributed by atoms with Crippen LogP contribution >= 0.6 is 12.4 Å². The molecule has 0 aliphatic carbocycles. The van der Waals surface area contributed by atoms with E-state index in [2.05, 4.69) is 5.32 Å². The third kappa shape index (κ3) is 4.55. The largest absolute Gasteiger partial charge is 0.399 e. The lowest BCUT2D eigenvalue weighted by Crippen LogP contribution is -2.35. The highest BCUT2D eigenvalue weighted by molar-refractivity contribution is 7.89. The van der Waals surface area contributed by atoms with Gasteiger partial charge in [-0.25, -0.2) is 8.42 Å². The van der Waals surface area contributed by atoms with Crippen molar-refractivity contribution in [2.75, 3.05) is 24.1 Å². The molecule has 0 saturated carbocycles. The second kappa shape index (κ2) is 8.53. The summed E-state index contributed by atoms with van der Waals surface area (Å²) in [6.07, 6.45) is 2.82. The minimum atomic E-state index is -3.53. The Hall–Kier alpha value is -2.09. The zero-order valence-electron chi connectivity index (χ0n) is 14.2. The van der Waals surface area contributed by atoms with Gasteiger partial charge in [0.2, 0.25) is 10.0 Å². The Morgan fingerprint density at radius 3 is 2.31 bits per heavy atom. The van der Waals surface area contributed by atoms with E-state index < -0.39 is 10.0 Å². The van der Waals surface area contributed by atoms with Crippen LogP contribution in [-0.4, -0.2) is 31.7 Å². The first-order valence-corrected chi connectivity index (χ1v) is 9.68. The Labute approximate surface area is 159 Å². The summed E-state index contributed by atoms with van der Waals surface area (Å²) in [5, 5.41) is 2.73. The molecule has 0 unspecified atom stereocenters. The lowest BCUT2D eigenvalue weighted by atomic mass is 10.2. The molecule has 1 fully saturated rings. The predicted molar refractivity (Wildman–Crippen MR) is 105 cm³/mol. The van der Waals surface area contributed by atoms with Gasteiger partial charge in [-0.05, 0) is 55.3 Å². The zero-order chi connectivity index (χ0) is 17.9. The second-order valence-corrected chi connectivity index (χ2v) is 8.01. The summed E-state index contributed by atoms with van der Waals surface area (Å²) in [7, 11) is -3.53. The van der Waals surface area contributed by atoms with Crippen molar-refractivity contribution in [1.82, 2.24) is 4.31 Å². The van der Waals surface area contributed by atoms with E-state index in [0.29, 0.717) is 30.0 Å². The summed E-state index contributed by atoms with van der Waals surface area (Å²) < 4.78 is 27.0. The maximum Gasteiger partial charge on any atom is 0.255 e. The van der Waals surface area contributed by atoms with E-state index in [4.69, 9.17) is 5.73 Å². The van der Waals surface area contributed by atoms with Crippen LogP contribution in [0.5, 0.6) is 0 Å². The van der Waals surface area contributed by atoms with E-state index in [1.54, 1.807) is 42.5 Å². The van der Waals surface area contributed by atoms with Gasteiger partial charge in [0.25, 0.3) is 5.91 Å². The Kier molecular flexibility index (Phi) is 6.63. The van der Waals surface area contributed by atoms with Gasteiger partial charge in [0.1, 0.15) is 0 Å². The number of anilines is 2. The zero-order valence-corrected chi connectivity index (χ0v) is 15.9. The molecule has 6 nitrogen and oxygen atoms in total. The van der Waals surface area contributed by atoms with Crippen LogP contribution in [0.4, 0.5) is 11.4 Å². The van der Waals surface area contributed by atoms with Crippen LogP contribution in [0.2, 0.25) is 0 Å². The quantitative estimate of drug-likeness (QED) is 0.778. The van der Waals surface area contributed by atoms with Crippen LogP contribution in [0.25, 0.3) is 0 Å². The van der Waals surface area contributed by atoms with E-state index >= 15 is 0 Å². The molecule has 1 amide bonds. The number of benzene rings is 2. The maximum absolute atomic E-state index is 12.7. The van der Waals surface area contributed by atoms with E-state index in [0.717, 1.165) is 19.3 Å². The summed E-state index contributed by atoms with van der Waals surface area (Å²) in [6, 6.07) is 12.9. The molecule has 0 bridgehead atoms. The summed E-state index contributed by atoms with van der Waals surface area (Å²) >= 11 is 0. The number of halogens is 1. The molecule has 26 heavy (non-hydrogen) atoms. The molecule has 140 valence electrons. The summed E-state index contributed by atoms with van der Waals surface area (Å²) in [4.78, 5) is 12.5. The van der Waals surface area contributed by atoms with Gasteiger partial charge in [0.05, 0.1) is 4.90 Å². The van der Waals surface area contributed by atoms with E-state index in [1.807, 2.05) is 0 Å². The second-order valence-electron chi connectivity index (χ2n) is 6.07. The molecule has 3 N–H and O–H groups in total. The summed E-state index contributed by atoms with van der Waals surface area (Å²) in [5.74, 6) is -0.312. The third-order valence-electron chi connectivity index (χ3n) is 4.22. The number of nitrogens with one attached hydrogen (secondary N) is 1. The van der Waals surface area contributed by atoms with Gasteiger partial charge >= 0.3 is 0 Å². The molecule has 8 heteroatoms. The number of hydrogen-bond acceptors (Lipinski definition) is 4. The number of nitrogens with two attached hydrogens (primary N) is 1. The summed E-state index contributed by atoms with van der Waals surface area (Å²) in [5.41, 5.74) is 7.09. The lowest BCUT2D eigenvalue weighted by Gasteiger charge is -2.26. The highest BCUT2D eigenvalue weighted by atomic mass is 35.5. The molecule has 0 spiro atoms. The van der Waals surface area contributed by atoms with Gasteiger partial charge in [-0.3, -0.25) is 4.79 Å². The minimum absolute atomic E-state index is 0. The number of piperidine rings is 1. The molecule has 1 saturated heterocycles. The van der Waals surface area contributed by atoms with Gasteiger partial charge in [-0.1, -0.05) is 12.5 Å². The number of amides is 1. The number of nitrogens with zero attached hydrogens (tertiary/aromatic N) is 1. The lowest BCUT2D eigenvalue weighted by molar-refractivity contribution is 0.102. The number of rotatable bonds is 4. The Morgan fingerprint density at radius 1 is 1.00 bits per heavy atom. The van der Waals surface area contributed by atoms with E-state index in [9.17, 15) is 13.2 Å². The first kappa shape index (κ1) is 20.2. The van der Waals surface area contributed by atoms with Crippen molar-refractivity contribution < 1.29 is 13.2 Å². The number of carbonyl (C=O) groups is 1. The first-order chi connectivity index (χ1) is 12.0. The highest BCUT2D eigenvalue weighted by Gasteiger charge is 2.26. The Morgan fingerprint density at radius 2 is 1.65 bits per heavy atom. The van der Waals surface area contributed by atoms with Crippen LogP contribution < -0.4 is 11.1 Å². The van der Waals surface area contributed by atoms with Crippen LogP contribution in [0.3, 0.4) is 0 Å². The predicted octanol–water partition coefficient (Wildman–Crippen LogP) is 3.12. The van der Waals surface area contributed by atoms with Crippen molar-refractivity contribution in [3.63, 3.8) is 0 Å². The topological polar surface area (TPSA) is 92.5 Å². The van der Waals surface area contributed by atoms with Crippen LogP contribution in [0.1, 0.15) is 29.6 Å². The van der Waals surface area contributed by atoms with Gasteiger partial charge in [-0.2, -0.15) is 4.31 Å². The fourth-order valence-corrected chi connectivity index (χ4v) is 4.39. The van der Waals surface area contributed by atoms with Crippen molar-refractivity contribution in [2.45, 2.75) is 24.2 Å². The van der Waals surface area contributed by atoms with Crippen molar-refractivity contribution >= 4 is 39.7 Å². The molecule has 0 aromatic heterocycles. The average Bonchev–Trinajstić information content (AvgIpc) is 2.63. The molecule has 2 aromatic rings. The molecule has 1 aliphatic rings. The molecular weight excluding hydrogens is 374 g/mol. The van der Waals surface area contributed by atoms with Crippen molar-refractivity contribution in [3.05, 3.63) is 54.1 Å². The fourth-order valence-electron chi connectivity index (χ4n) is 2.83. The fraction of sp³-hybridized carbons (Fsp3) is 0.278. The SMILES string of the molecule is Cl.Nc1ccc(C(=O)Nc2cccc(S(=O)(=O)N3CCCCC3)c2)cc1. The molecule has 2 aromatic carbocycles. The van der Waals surface area contributed by atoms with Crippen LogP contribution in [-0.2, 0) is 10.0 Å². The number of nitrogen functional groups attached to an aromatic ring is 1. The van der Waals surface area contributed by atoms with Gasteiger partial charge < -0.3 is 11.1 Å². The average molecular weight is 396 g/mol. The molecule has 0 atom stereocenters. The Bertz CT molecular complexity index is 864. The maximum atomic E-state index is 12.7. The number of hydrogen-bond donors (Lipinski definition) is 2.